The number of amides is 2. The lowest BCUT2D eigenvalue weighted by molar-refractivity contribution is -0.134. The molecule has 1 aliphatic heterocycles. The molecule has 7 heteroatoms. The van der Waals surface area contributed by atoms with E-state index in [1.54, 1.807) is 26.1 Å². The molecule has 3 rings (SSSR count). The van der Waals surface area contributed by atoms with Crippen LogP contribution in [0.1, 0.15) is 24.0 Å². The zero-order valence-corrected chi connectivity index (χ0v) is 18.5. The predicted octanol–water partition coefficient (Wildman–Crippen LogP) is 2.44. The van der Waals surface area contributed by atoms with Crippen LogP contribution in [0.4, 0.5) is 0 Å². The lowest BCUT2D eigenvalue weighted by atomic mass is 10.2. The van der Waals surface area contributed by atoms with Gasteiger partial charge in [0.25, 0.3) is 0 Å². The maximum Gasteiger partial charge on any atom is 0.239 e. The Morgan fingerprint density at radius 3 is 2.58 bits per heavy atom. The molecule has 2 aromatic carbocycles. The van der Waals surface area contributed by atoms with E-state index in [0.717, 1.165) is 30.5 Å². The van der Waals surface area contributed by atoms with Crippen molar-refractivity contribution in [2.24, 2.45) is 0 Å². The Kier molecular flexibility index (Phi) is 7.89. The monoisotopic (exact) mass is 425 g/mol. The first-order chi connectivity index (χ1) is 15.0. The minimum absolute atomic E-state index is 0.0566. The van der Waals surface area contributed by atoms with Gasteiger partial charge >= 0.3 is 0 Å². The molecule has 1 atom stereocenters. The van der Waals surface area contributed by atoms with E-state index in [9.17, 15) is 9.59 Å². The van der Waals surface area contributed by atoms with Crippen LogP contribution in [0.15, 0.2) is 48.5 Å². The van der Waals surface area contributed by atoms with Crippen molar-refractivity contribution in [2.45, 2.75) is 32.0 Å². The first-order valence-electron chi connectivity index (χ1n) is 10.5. The molecule has 0 aromatic heterocycles. The van der Waals surface area contributed by atoms with Gasteiger partial charge in [-0.25, -0.2) is 0 Å². The summed E-state index contributed by atoms with van der Waals surface area (Å²) in [7, 11) is 5.10. The first-order valence-corrected chi connectivity index (χ1v) is 10.5. The first kappa shape index (κ1) is 22.6. The number of nitrogens with one attached hydrogen (secondary N) is 1. The minimum Gasteiger partial charge on any atom is -0.493 e. The number of carbonyl (C=O) groups is 2. The van der Waals surface area contributed by atoms with Crippen molar-refractivity contribution in [3.05, 3.63) is 59.7 Å². The maximum atomic E-state index is 12.5. The summed E-state index contributed by atoms with van der Waals surface area (Å²) in [5, 5.41) is 2.94. The average Bonchev–Trinajstić information content (AvgIpc) is 3.24. The van der Waals surface area contributed by atoms with Crippen LogP contribution in [-0.2, 0) is 22.7 Å². The molecule has 0 bridgehead atoms. The van der Waals surface area contributed by atoms with Crippen LogP contribution in [0.25, 0.3) is 0 Å². The molecule has 7 nitrogen and oxygen atoms in total. The highest BCUT2D eigenvalue weighted by Gasteiger charge is 2.32. The quantitative estimate of drug-likeness (QED) is 0.668. The van der Waals surface area contributed by atoms with Crippen LogP contribution in [0.5, 0.6) is 11.5 Å². The Labute approximate surface area is 183 Å². The number of ether oxygens (including phenoxy) is 2. The Morgan fingerprint density at radius 2 is 1.87 bits per heavy atom. The molecule has 1 heterocycles. The summed E-state index contributed by atoms with van der Waals surface area (Å²) in [6.07, 6.45) is 1.73. The number of hydrogen-bond donors (Lipinski definition) is 1. The lowest BCUT2D eigenvalue weighted by Gasteiger charge is -2.25. The maximum absolute atomic E-state index is 12.5. The Balaban J connectivity index is 1.52. The normalized spacial score (nSPS) is 16.0. The molecule has 1 saturated heterocycles. The van der Waals surface area contributed by atoms with Crippen molar-refractivity contribution in [1.82, 2.24) is 15.1 Å². The van der Waals surface area contributed by atoms with E-state index >= 15 is 0 Å². The van der Waals surface area contributed by atoms with Gasteiger partial charge in [0.2, 0.25) is 11.8 Å². The molecule has 0 unspecified atom stereocenters. The highest BCUT2D eigenvalue weighted by Crippen LogP contribution is 2.29. The minimum atomic E-state index is -0.207. The van der Waals surface area contributed by atoms with E-state index in [0.29, 0.717) is 24.7 Å². The SMILES string of the molecule is COc1cc(CNC(=O)CN2CCC[C@H]2C(=O)N(C)C)ccc1OCc1ccccc1. The summed E-state index contributed by atoms with van der Waals surface area (Å²) in [6.45, 7) is 1.82. The highest BCUT2D eigenvalue weighted by molar-refractivity contribution is 5.83. The Morgan fingerprint density at radius 1 is 1.10 bits per heavy atom. The molecular weight excluding hydrogens is 394 g/mol. The van der Waals surface area contributed by atoms with E-state index < -0.39 is 0 Å². The Bertz CT molecular complexity index is 886. The van der Waals surface area contributed by atoms with E-state index in [2.05, 4.69) is 5.32 Å². The number of likely N-dealkylation sites (tertiary alicyclic amines) is 1. The number of likely N-dealkylation sites (N-methyl/N-ethyl adjacent to an activating group) is 1. The van der Waals surface area contributed by atoms with Crippen LogP contribution in [0, 0.1) is 0 Å². The van der Waals surface area contributed by atoms with Gasteiger partial charge in [-0.1, -0.05) is 36.4 Å². The van der Waals surface area contributed by atoms with Gasteiger partial charge in [-0.2, -0.15) is 0 Å². The number of benzene rings is 2. The largest absolute Gasteiger partial charge is 0.493 e. The molecule has 2 amide bonds. The van der Waals surface area contributed by atoms with Crippen molar-refractivity contribution >= 4 is 11.8 Å². The standard InChI is InChI=1S/C24H31N3O4/c1-26(2)24(29)20-10-7-13-27(20)16-23(28)25-15-19-11-12-21(22(14-19)30-3)31-17-18-8-5-4-6-9-18/h4-6,8-9,11-12,14,20H,7,10,13,15-17H2,1-3H3,(H,25,28)/t20-/m0/s1. The summed E-state index contributed by atoms with van der Waals surface area (Å²) < 4.78 is 11.3. The molecule has 2 aromatic rings. The molecule has 1 fully saturated rings. The Hall–Kier alpha value is -3.06. The van der Waals surface area contributed by atoms with Crippen molar-refractivity contribution in [2.75, 3.05) is 34.3 Å². The van der Waals surface area contributed by atoms with Crippen molar-refractivity contribution in [1.29, 1.82) is 0 Å². The van der Waals surface area contributed by atoms with E-state index in [4.69, 9.17) is 9.47 Å². The third-order valence-corrected chi connectivity index (χ3v) is 5.39. The van der Waals surface area contributed by atoms with Crippen molar-refractivity contribution in [3.63, 3.8) is 0 Å². The second-order valence-electron chi connectivity index (χ2n) is 7.90. The van der Waals surface area contributed by atoms with E-state index in [-0.39, 0.29) is 24.4 Å². The van der Waals surface area contributed by atoms with Gasteiger partial charge in [0.05, 0.1) is 19.7 Å². The molecule has 0 radical (unpaired) electrons. The topological polar surface area (TPSA) is 71.1 Å². The van der Waals surface area contributed by atoms with E-state index in [1.807, 2.05) is 53.4 Å². The van der Waals surface area contributed by atoms with Gasteiger partial charge in [-0.3, -0.25) is 14.5 Å². The van der Waals surface area contributed by atoms with Gasteiger partial charge in [-0.15, -0.1) is 0 Å². The number of nitrogens with zero attached hydrogens (tertiary/aromatic N) is 2. The van der Waals surface area contributed by atoms with E-state index in [1.165, 1.54) is 0 Å². The molecule has 1 aliphatic rings. The molecule has 0 spiro atoms. The third kappa shape index (κ3) is 6.21. The lowest BCUT2D eigenvalue weighted by Crippen LogP contribution is -2.46. The number of rotatable bonds is 9. The fourth-order valence-electron chi connectivity index (χ4n) is 3.71. The summed E-state index contributed by atoms with van der Waals surface area (Å²) in [5.74, 6) is 1.24. The van der Waals surface area contributed by atoms with Crippen LogP contribution >= 0.6 is 0 Å². The molecule has 1 N–H and O–H groups in total. The van der Waals surface area contributed by atoms with Gasteiger partial charge < -0.3 is 19.7 Å². The van der Waals surface area contributed by atoms with Gasteiger partial charge in [0, 0.05) is 20.6 Å². The van der Waals surface area contributed by atoms with Crippen LogP contribution in [0.3, 0.4) is 0 Å². The summed E-state index contributed by atoms with van der Waals surface area (Å²) >= 11 is 0. The predicted molar refractivity (Wildman–Crippen MR) is 119 cm³/mol. The third-order valence-electron chi connectivity index (χ3n) is 5.39. The summed E-state index contributed by atoms with van der Waals surface area (Å²) in [6, 6.07) is 15.4. The van der Waals surface area contributed by atoms with Crippen LogP contribution < -0.4 is 14.8 Å². The average molecular weight is 426 g/mol. The zero-order valence-electron chi connectivity index (χ0n) is 18.5. The summed E-state index contributed by atoms with van der Waals surface area (Å²) in [4.78, 5) is 28.3. The molecule has 0 aliphatic carbocycles. The zero-order chi connectivity index (χ0) is 22.2. The van der Waals surface area contributed by atoms with Gasteiger partial charge in [0.15, 0.2) is 11.5 Å². The molecule has 0 saturated carbocycles. The highest BCUT2D eigenvalue weighted by atomic mass is 16.5. The summed E-state index contributed by atoms with van der Waals surface area (Å²) in [5.41, 5.74) is 1.99. The van der Waals surface area contributed by atoms with Crippen LogP contribution in [-0.4, -0.2) is 62.0 Å². The second-order valence-corrected chi connectivity index (χ2v) is 7.90. The molecule has 166 valence electrons. The van der Waals surface area contributed by atoms with Gasteiger partial charge in [0.1, 0.15) is 6.61 Å². The number of methoxy groups -OCH3 is 1. The number of carbonyl (C=O) groups excluding carboxylic acids is 2. The fraction of sp³-hybridized carbons (Fsp3) is 0.417. The fourth-order valence-corrected chi connectivity index (χ4v) is 3.71. The number of hydrogen-bond acceptors (Lipinski definition) is 5. The van der Waals surface area contributed by atoms with Crippen molar-refractivity contribution < 1.29 is 19.1 Å². The smallest absolute Gasteiger partial charge is 0.239 e. The molecular formula is C24H31N3O4. The van der Waals surface area contributed by atoms with Gasteiger partial charge in [-0.05, 0) is 42.6 Å². The molecule has 31 heavy (non-hydrogen) atoms. The second kappa shape index (κ2) is 10.8. The van der Waals surface area contributed by atoms with Crippen molar-refractivity contribution in [3.8, 4) is 11.5 Å². The van der Waals surface area contributed by atoms with Crippen LogP contribution in [0.2, 0.25) is 0 Å².